The molecule has 1 N–H and O–H groups in total. The van der Waals surface area contributed by atoms with E-state index in [2.05, 4.69) is 4.72 Å². The third-order valence-corrected chi connectivity index (χ3v) is 3.46. The van der Waals surface area contributed by atoms with E-state index in [1.54, 1.807) is 6.07 Å². The van der Waals surface area contributed by atoms with E-state index in [1.807, 2.05) is 0 Å². The molecule has 0 amide bonds. The van der Waals surface area contributed by atoms with Gasteiger partial charge in [0.2, 0.25) is 10.0 Å². The van der Waals surface area contributed by atoms with E-state index in [4.69, 9.17) is 14.7 Å². The minimum absolute atomic E-state index is 0.146. The summed E-state index contributed by atoms with van der Waals surface area (Å²) in [6.45, 7) is 1.08. The van der Waals surface area contributed by atoms with Crippen LogP contribution in [-0.4, -0.2) is 46.6 Å². The maximum atomic E-state index is 11.2. The molecule has 6 nitrogen and oxygen atoms in total. The highest BCUT2D eigenvalue weighted by Crippen LogP contribution is 2.21. The van der Waals surface area contributed by atoms with E-state index in [0.29, 0.717) is 19.6 Å². The summed E-state index contributed by atoms with van der Waals surface area (Å²) in [6, 6.07) is 1.59. The molecule has 0 aromatic rings. The molecule has 15 heavy (non-hydrogen) atoms. The van der Waals surface area contributed by atoms with Crippen LogP contribution in [0.3, 0.4) is 0 Å². The first-order valence-corrected chi connectivity index (χ1v) is 6.16. The fourth-order valence-electron chi connectivity index (χ4n) is 1.34. The van der Waals surface area contributed by atoms with Crippen LogP contribution in [0.5, 0.6) is 0 Å². The van der Waals surface area contributed by atoms with Crippen LogP contribution in [0.1, 0.15) is 6.42 Å². The minimum Gasteiger partial charge on any atom is -0.378 e. The zero-order chi connectivity index (χ0) is 11.4. The Morgan fingerprint density at radius 2 is 2.40 bits per heavy atom. The Hall–Kier alpha value is -0.680. The summed E-state index contributed by atoms with van der Waals surface area (Å²) in [6.07, 6.45) is 0.651. The zero-order valence-electron chi connectivity index (χ0n) is 8.52. The number of ether oxygens (including phenoxy) is 2. The standard InChI is InChI=1S/C8H14N2O4S/c1-13-8(2-4-14-7-8)6-10-15(11,12)5-3-9/h10H,2,4-7H2,1H3. The third-order valence-electron chi connectivity index (χ3n) is 2.37. The second-order valence-electron chi connectivity index (χ2n) is 3.43. The topological polar surface area (TPSA) is 88.4 Å². The highest BCUT2D eigenvalue weighted by atomic mass is 32.2. The third kappa shape index (κ3) is 3.43. The lowest BCUT2D eigenvalue weighted by Crippen LogP contribution is -2.45. The first-order valence-electron chi connectivity index (χ1n) is 4.51. The van der Waals surface area contributed by atoms with Crippen molar-refractivity contribution in [2.75, 3.05) is 32.6 Å². The predicted molar refractivity (Wildman–Crippen MR) is 52.6 cm³/mol. The van der Waals surface area contributed by atoms with Gasteiger partial charge in [-0.1, -0.05) is 0 Å². The maximum absolute atomic E-state index is 11.2. The molecule has 0 bridgehead atoms. The van der Waals surface area contributed by atoms with Crippen LogP contribution in [0.25, 0.3) is 0 Å². The number of nitrogens with one attached hydrogen (secondary N) is 1. The average Bonchev–Trinajstić information content (AvgIpc) is 2.64. The molecule has 0 aromatic heterocycles. The molecular weight excluding hydrogens is 220 g/mol. The highest BCUT2D eigenvalue weighted by Gasteiger charge is 2.35. The van der Waals surface area contributed by atoms with E-state index in [-0.39, 0.29) is 6.54 Å². The molecule has 1 heterocycles. The number of rotatable bonds is 5. The first-order chi connectivity index (χ1) is 7.04. The van der Waals surface area contributed by atoms with Crippen LogP contribution in [-0.2, 0) is 19.5 Å². The number of hydrogen-bond acceptors (Lipinski definition) is 5. The van der Waals surface area contributed by atoms with Gasteiger partial charge in [0.1, 0.15) is 5.60 Å². The molecule has 0 radical (unpaired) electrons. The lowest BCUT2D eigenvalue weighted by atomic mass is 10.0. The number of nitrogens with zero attached hydrogens (tertiary/aromatic N) is 1. The van der Waals surface area contributed by atoms with Gasteiger partial charge < -0.3 is 9.47 Å². The molecule has 1 fully saturated rings. The van der Waals surface area contributed by atoms with E-state index in [1.165, 1.54) is 7.11 Å². The van der Waals surface area contributed by atoms with Crippen LogP contribution in [0.2, 0.25) is 0 Å². The van der Waals surface area contributed by atoms with Crippen LogP contribution in [0.4, 0.5) is 0 Å². The Morgan fingerprint density at radius 3 is 2.87 bits per heavy atom. The van der Waals surface area contributed by atoms with Crippen molar-refractivity contribution in [1.29, 1.82) is 5.26 Å². The molecule has 86 valence electrons. The van der Waals surface area contributed by atoms with Crippen molar-refractivity contribution in [1.82, 2.24) is 4.72 Å². The van der Waals surface area contributed by atoms with Crippen LogP contribution in [0.15, 0.2) is 0 Å². The largest absolute Gasteiger partial charge is 0.378 e. The quantitative estimate of drug-likeness (QED) is 0.675. The number of nitriles is 1. The second kappa shape index (κ2) is 4.90. The Kier molecular flexibility index (Phi) is 4.04. The van der Waals surface area contributed by atoms with Gasteiger partial charge in [0.05, 0.1) is 12.7 Å². The van der Waals surface area contributed by atoms with Gasteiger partial charge in [-0.15, -0.1) is 0 Å². The smallest absolute Gasteiger partial charge is 0.225 e. The summed E-state index contributed by atoms with van der Waals surface area (Å²) in [5, 5.41) is 8.29. The molecule has 0 saturated carbocycles. The highest BCUT2D eigenvalue weighted by molar-refractivity contribution is 7.89. The summed E-state index contributed by atoms with van der Waals surface area (Å²) < 4.78 is 35.2. The molecule has 1 aliphatic heterocycles. The molecule has 0 spiro atoms. The Balaban J connectivity index is 2.52. The van der Waals surface area contributed by atoms with Crippen molar-refractivity contribution in [2.45, 2.75) is 12.0 Å². The van der Waals surface area contributed by atoms with Crippen LogP contribution in [0, 0.1) is 11.3 Å². The number of hydrogen-bond donors (Lipinski definition) is 1. The molecule has 1 atom stereocenters. The molecular formula is C8H14N2O4S. The molecule has 1 rings (SSSR count). The normalized spacial score (nSPS) is 26.4. The van der Waals surface area contributed by atoms with Crippen LogP contribution < -0.4 is 4.72 Å². The van der Waals surface area contributed by atoms with Gasteiger partial charge in [0.25, 0.3) is 0 Å². The second-order valence-corrected chi connectivity index (χ2v) is 5.23. The van der Waals surface area contributed by atoms with Gasteiger partial charge in [-0.3, -0.25) is 0 Å². The summed E-state index contributed by atoms with van der Waals surface area (Å²) in [7, 11) is -1.99. The van der Waals surface area contributed by atoms with E-state index in [0.717, 1.165) is 0 Å². The summed E-state index contributed by atoms with van der Waals surface area (Å²) in [4.78, 5) is 0. The Bertz CT molecular complexity index is 340. The lowest BCUT2D eigenvalue weighted by molar-refractivity contribution is -0.0120. The number of sulfonamides is 1. The number of methoxy groups -OCH3 is 1. The minimum atomic E-state index is -3.51. The van der Waals surface area contributed by atoms with Crippen molar-refractivity contribution in [3.63, 3.8) is 0 Å². The monoisotopic (exact) mass is 234 g/mol. The van der Waals surface area contributed by atoms with Crippen molar-refractivity contribution in [3.05, 3.63) is 0 Å². The molecule has 7 heteroatoms. The van der Waals surface area contributed by atoms with Crippen molar-refractivity contribution in [3.8, 4) is 6.07 Å². The summed E-state index contributed by atoms with van der Waals surface area (Å²) >= 11 is 0. The summed E-state index contributed by atoms with van der Waals surface area (Å²) in [5.41, 5.74) is -0.581. The molecule has 1 aliphatic rings. The van der Waals surface area contributed by atoms with Gasteiger partial charge in [-0.05, 0) is 0 Å². The van der Waals surface area contributed by atoms with Gasteiger partial charge in [0, 0.05) is 26.7 Å². The molecule has 1 unspecified atom stereocenters. The Morgan fingerprint density at radius 1 is 1.67 bits per heavy atom. The average molecular weight is 234 g/mol. The van der Waals surface area contributed by atoms with Gasteiger partial charge >= 0.3 is 0 Å². The summed E-state index contributed by atoms with van der Waals surface area (Å²) in [5.74, 6) is -0.534. The van der Waals surface area contributed by atoms with Crippen molar-refractivity contribution < 1.29 is 17.9 Å². The molecule has 0 aliphatic carbocycles. The molecule has 0 aromatic carbocycles. The van der Waals surface area contributed by atoms with Gasteiger partial charge in [-0.25, -0.2) is 13.1 Å². The predicted octanol–water partition coefficient (Wildman–Crippen LogP) is -0.765. The van der Waals surface area contributed by atoms with Crippen LogP contribution >= 0.6 is 0 Å². The van der Waals surface area contributed by atoms with Crippen molar-refractivity contribution in [2.24, 2.45) is 0 Å². The van der Waals surface area contributed by atoms with E-state index in [9.17, 15) is 8.42 Å². The van der Waals surface area contributed by atoms with Crippen molar-refractivity contribution >= 4 is 10.0 Å². The maximum Gasteiger partial charge on any atom is 0.225 e. The van der Waals surface area contributed by atoms with E-state index < -0.39 is 21.4 Å². The Labute approximate surface area is 89.2 Å². The zero-order valence-corrected chi connectivity index (χ0v) is 9.34. The molecule has 1 saturated heterocycles. The first kappa shape index (κ1) is 12.4. The SMILES string of the molecule is COC1(CNS(=O)(=O)CC#N)CCOC1. The fourth-order valence-corrected chi connectivity index (χ4v) is 2.09. The lowest BCUT2D eigenvalue weighted by Gasteiger charge is -2.25. The van der Waals surface area contributed by atoms with Gasteiger partial charge in [0.15, 0.2) is 5.75 Å². The fraction of sp³-hybridized carbons (Fsp3) is 0.875. The van der Waals surface area contributed by atoms with E-state index >= 15 is 0 Å². The van der Waals surface area contributed by atoms with Gasteiger partial charge in [-0.2, -0.15) is 5.26 Å².